The van der Waals surface area contributed by atoms with E-state index in [9.17, 15) is 13.2 Å². The molecule has 5 heteroatoms. The lowest BCUT2D eigenvalue weighted by Gasteiger charge is -2.20. The Bertz CT molecular complexity index is 284. The minimum atomic E-state index is -4.81. The van der Waals surface area contributed by atoms with Gasteiger partial charge >= 0.3 is 6.18 Å². The van der Waals surface area contributed by atoms with Crippen LogP contribution in [0.5, 0.6) is 0 Å². The Morgan fingerprint density at radius 1 is 1.00 bits per heavy atom. The van der Waals surface area contributed by atoms with E-state index in [0.717, 1.165) is 0 Å². The SMILES string of the molecule is O[C@H](c1ccccc1)[C@@H](O)C(F)(F)F. The molecule has 0 saturated heterocycles. The molecule has 0 fully saturated rings. The third-order valence-electron chi connectivity index (χ3n) is 1.78. The molecule has 1 rings (SSSR count). The molecule has 14 heavy (non-hydrogen) atoms. The number of benzene rings is 1. The zero-order valence-electron chi connectivity index (χ0n) is 7.07. The van der Waals surface area contributed by atoms with Crippen molar-refractivity contribution in [2.45, 2.75) is 18.4 Å². The molecule has 78 valence electrons. The Morgan fingerprint density at radius 2 is 1.50 bits per heavy atom. The van der Waals surface area contributed by atoms with E-state index in [0.29, 0.717) is 0 Å². The van der Waals surface area contributed by atoms with Gasteiger partial charge in [0, 0.05) is 0 Å². The normalized spacial score (nSPS) is 16.4. The van der Waals surface area contributed by atoms with Gasteiger partial charge in [0.05, 0.1) is 0 Å². The van der Waals surface area contributed by atoms with Crippen LogP contribution in [0.25, 0.3) is 0 Å². The van der Waals surface area contributed by atoms with Crippen molar-refractivity contribution in [3.63, 3.8) is 0 Å². The van der Waals surface area contributed by atoms with Crippen LogP contribution >= 0.6 is 0 Å². The molecule has 1 aromatic carbocycles. The van der Waals surface area contributed by atoms with E-state index in [-0.39, 0.29) is 5.56 Å². The molecular formula is C9H9F3O2. The molecule has 0 heterocycles. The van der Waals surface area contributed by atoms with Crippen LogP contribution in [0.1, 0.15) is 11.7 Å². The monoisotopic (exact) mass is 206 g/mol. The van der Waals surface area contributed by atoms with Crippen LogP contribution in [0.3, 0.4) is 0 Å². The van der Waals surface area contributed by atoms with Crippen molar-refractivity contribution in [1.29, 1.82) is 0 Å². The second kappa shape index (κ2) is 3.98. The summed E-state index contributed by atoms with van der Waals surface area (Å²) in [5, 5.41) is 17.9. The van der Waals surface area contributed by atoms with Crippen molar-refractivity contribution in [3.05, 3.63) is 35.9 Å². The molecule has 2 atom stereocenters. The molecule has 0 aliphatic heterocycles. The Kier molecular flexibility index (Phi) is 3.13. The van der Waals surface area contributed by atoms with Crippen molar-refractivity contribution in [2.75, 3.05) is 0 Å². The highest BCUT2D eigenvalue weighted by molar-refractivity contribution is 5.18. The summed E-state index contributed by atoms with van der Waals surface area (Å²) in [4.78, 5) is 0. The minimum Gasteiger partial charge on any atom is -0.385 e. The summed E-state index contributed by atoms with van der Waals surface area (Å²) in [6.07, 6.45) is -9.49. The van der Waals surface area contributed by atoms with E-state index >= 15 is 0 Å². The summed E-state index contributed by atoms with van der Waals surface area (Å²) >= 11 is 0. The average Bonchev–Trinajstić information content (AvgIpc) is 2.15. The number of alkyl halides is 3. The first-order chi connectivity index (χ1) is 6.43. The average molecular weight is 206 g/mol. The molecule has 0 aliphatic carbocycles. The molecule has 0 unspecified atom stereocenters. The van der Waals surface area contributed by atoms with Gasteiger partial charge in [0.15, 0.2) is 6.10 Å². The van der Waals surface area contributed by atoms with Gasteiger partial charge in [0.2, 0.25) is 0 Å². The molecule has 0 saturated carbocycles. The third kappa shape index (κ3) is 2.46. The predicted octanol–water partition coefficient (Wildman–Crippen LogP) is 1.64. The van der Waals surface area contributed by atoms with E-state index < -0.39 is 18.4 Å². The van der Waals surface area contributed by atoms with Crippen molar-refractivity contribution < 1.29 is 23.4 Å². The molecule has 0 aliphatic rings. The summed E-state index contributed by atoms with van der Waals surface area (Å²) < 4.78 is 35.9. The maximum atomic E-state index is 12.0. The van der Waals surface area contributed by atoms with Gasteiger partial charge in [-0.3, -0.25) is 0 Å². The standard InChI is InChI=1S/C9H9F3O2/c10-9(11,12)8(14)7(13)6-4-2-1-3-5-6/h1-5,7-8,13-14H/t7-,8-/m1/s1. The molecule has 2 nitrogen and oxygen atoms in total. The Labute approximate surface area is 78.6 Å². The van der Waals surface area contributed by atoms with E-state index in [1.807, 2.05) is 0 Å². The maximum absolute atomic E-state index is 12.0. The number of hydrogen-bond donors (Lipinski definition) is 2. The van der Waals surface area contributed by atoms with Crippen LogP contribution in [0.2, 0.25) is 0 Å². The Balaban J connectivity index is 2.81. The predicted molar refractivity (Wildman–Crippen MR) is 43.5 cm³/mol. The molecular weight excluding hydrogens is 197 g/mol. The number of hydrogen-bond acceptors (Lipinski definition) is 2. The summed E-state index contributed by atoms with van der Waals surface area (Å²) in [6, 6.07) is 7.22. The van der Waals surface area contributed by atoms with Gasteiger partial charge < -0.3 is 10.2 Å². The summed E-state index contributed by atoms with van der Waals surface area (Å²) in [7, 11) is 0. The number of aliphatic hydroxyl groups is 2. The fourth-order valence-electron chi connectivity index (χ4n) is 1.01. The second-order valence-corrected chi connectivity index (χ2v) is 2.84. The molecule has 0 radical (unpaired) electrons. The summed E-state index contributed by atoms with van der Waals surface area (Å²) in [6.45, 7) is 0. The molecule has 0 aromatic heterocycles. The van der Waals surface area contributed by atoms with Gasteiger partial charge in [-0.2, -0.15) is 13.2 Å². The summed E-state index contributed by atoms with van der Waals surface area (Å²) in [5.41, 5.74) is 0.0392. The molecule has 1 aromatic rings. The van der Waals surface area contributed by atoms with Crippen molar-refractivity contribution in [3.8, 4) is 0 Å². The van der Waals surface area contributed by atoms with Crippen LogP contribution < -0.4 is 0 Å². The highest BCUT2D eigenvalue weighted by Crippen LogP contribution is 2.29. The lowest BCUT2D eigenvalue weighted by molar-refractivity contribution is -0.231. The first kappa shape index (κ1) is 11.0. The van der Waals surface area contributed by atoms with Crippen LogP contribution in [-0.2, 0) is 0 Å². The fourth-order valence-corrected chi connectivity index (χ4v) is 1.01. The van der Waals surface area contributed by atoms with Crippen LogP contribution in [0.4, 0.5) is 13.2 Å². The molecule has 0 spiro atoms. The zero-order chi connectivity index (χ0) is 10.8. The lowest BCUT2D eigenvalue weighted by Crippen LogP contribution is -2.34. The maximum Gasteiger partial charge on any atom is 0.417 e. The molecule has 0 bridgehead atoms. The van der Waals surface area contributed by atoms with Gasteiger partial charge in [-0.1, -0.05) is 30.3 Å². The van der Waals surface area contributed by atoms with Crippen molar-refractivity contribution >= 4 is 0 Å². The number of halogens is 3. The third-order valence-corrected chi connectivity index (χ3v) is 1.78. The largest absolute Gasteiger partial charge is 0.417 e. The first-order valence-electron chi connectivity index (χ1n) is 3.90. The summed E-state index contributed by atoms with van der Waals surface area (Å²) in [5.74, 6) is 0. The van der Waals surface area contributed by atoms with E-state index in [4.69, 9.17) is 10.2 Å². The van der Waals surface area contributed by atoms with Gasteiger partial charge in [-0.15, -0.1) is 0 Å². The Hall–Kier alpha value is -1.07. The van der Waals surface area contributed by atoms with E-state index in [1.165, 1.54) is 24.3 Å². The van der Waals surface area contributed by atoms with Crippen molar-refractivity contribution in [2.24, 2.45) is 0 Å². The number of rotatable bonds is 2. The lowest BCUT2D eigenvalue weighted by atomic mass is 10.0. The zero-order valence-corrected chi connectivity index (χ0v) is 7.07. The smallest absolute Gasteiger partial charge is 0.385 e. The van der Waals surface area contributed by atoms with Crippen LogP contribution in [-0.4, -0.2) is 22.5 Å². The van der Waals surface area contributed by atoms with Gasteiger partial charge in [-0.25, -0.2) is 0 Å². The van der Waals surface area contributed by atoms with Crippen LogP contribution in [0, 0.1) is 0 Å². The second-order valence-electron chi connectivity index (χ2n) is 2.84. The first-order valence-corrected chi connectivity index (χ1v) is 3.90. The fraction of sp³-hybridized carbons (Fsp3) is 0.333. The quantitative estimate of drug-likeness (QED) is 0.772. The minimum absolute atomic E-state index is 0.0392. The van der Waals surface area contributed by atoms with Gasteiger partial charge in [0.25, 0.3) is 0 Å². The number of aliphatic hydroxyl groups excluding tert-OH is 2. The van der Waals surface area contributed by atoms with Gasteiger partial charge in [-0.05, 0) is 5.56 Å². The molecule has 2 N–H and O–H groups in total. The van der Waals surface area contributed by atoms with E-state index in [1.54, 1.807) is 6.07 Å². The van der Waals surface area contributed by atoms with Gasteiger partial charge in [0.1, 0.15) is 6.10 Å². The molecule has 0 amide bonds. The topological polar surface area (TPSA) is 40.5 Å². The highest BCUT2D eigenvalue weighted by atomic mass is 19.4. The van der Waals surface area contributed by atoms with E-state index in [2.05, 4.69) is 0 Å². The van der Waals surface area contributed by atoms with Crippen LogP contribution in [0.15, 0.2) is 30.3 Å². The highest BCUT2D eigenvalue weighted by Gasteiger charge is 2.43. The van der Waals surface area contributed by atoms with Crippen molar-refractivity contribution in [1.82, 2.24) is 0 Å². The Morgan fingerprint density at radius 3 is 1.93 bits per heavy atom.